The van der Waals surface area contributed by atoms with E-state index in [1.165, 1.54) is 0 Å². The van der Waals surface area contributed by atoms with Crippen LogP contribution in [0.2, 0.25) is 0 Å². The van der Waals surface area contributed by atoms with Crippen LogP contribution in [-0.4, -0.2) is 61.4 Å². The fourth-order valence-electron chi connectivity index (χ4n) is 4.58. The van der Waals surface area contributed by atoms with Crippen molar-refractivity contribution in [1.29, 1.82) is 0 Å². The minimum Gasteiger partial charge on any atom is -0.481 e. The molecule has 0 radical (unpaired) electrons. The van der Waals surface area contributed by atoms with Crippen LogP contribution in [0.1, 0.15) is 44.9 Å². The molecule has 6 nitrogen and oxygen atoms in total. The minimum atomic E-state index is -0.746. The summed E-state index contributed by atoms with van der Waals surface area (Å²) in [7, 11) is 1.68. The van der Waals surface area contributed by atoms with E-state index in [1.54, 1.807) is 7.11 Å². The lowest BCUT2D eigenvalue weighted by Crippen LogP contribution is -2.52. The first-order valence-electron chi connectivity index (χ1n) is 9.20. The molecule has 6 heteroatoms. The molecule has 2 saturated heterocycles. The van der Waals surface area contributed by atoms with Crippen molar-refractivity contribution in [3.63, 3.8) is 0 Å². The van der Waals surface area contributed by atoms with Crippen molar-refractivity contribution in [3.8, 4) is 0 Å². The molecule has 3 fully saturated rings. The molecule has 136 valence electrons. The molecule has 1 amide bonds. The smallest absolute Gasteiger partial charge is 0.309 e. The number of carboxylic acids is 1. The Morgan fingerprint density at radius 3 is 2.50 bits per heavy atom. The van der Waals surface area contributed by atoms with Gasteiger partial charge in [-0.15, -0.1) is 0 Å². The summed E-state index contributed by atoms with van der Waals surface area (Å²) in [4.78, 5) is 26.3. The third kappa shape index (κ3) is 3.31. The van der Waals surface area contributed by atoms with Crippen LogP contribution >= 0.6 is 0 Å². The Kier molecular flexibility index (Phi) is 5.45. The van der Waals surface area contributed by atoms with Gasteiger partial charge in [-0.05, 0) is 44.4 Å². The maximum atomic E-state index is 13.0. The van der Waals surface area contributed by atoms with Crippen molar-refractivity contribution in [2.75, 3.05) is 33.4 Å². The summed E-state index contributed by atoms with van der Waals surface area (Å²) in [5, 5.41) is 9.33. The second-order valence-electron chi connectivity index (χ2n) is 7.58. The zero-order valence-corrected chi connectivity index (χ0v) is 14.5. The molecule has 24 heavy (non-hydrogen) atoms. The molecule has 0 aromatic carbocycles. The number of likely N-dealkylation sites (tertiary alicyclic amines) is 1. The number of nitrogens with zero attached hydrogens (tertiary/aromatic N) is 1. The van der Waals surface area contributed by atoms with Crippen LogP contribution in [0.3, 0.4) is 0 Å². The molecule has 0 bridgehead atoms. The van der Waals surface area contributed by atoms with Crippen molar-refractivity contribution >= 4 is 11.9 Å². The first-order chi connectivity index (χ1) is 11.6. The van der Waals surface area contributed by atoms with Crippen LogP contribution < -0.4 is 0 Å². The molecular formula is C18H29NO5. The predicted molar refractivity (Wildman–Crippen MR) is 87.6 cm³/mol. The zero-order chi connectivity index (χ0) is 17.2. The number of methoxy groups -OCH3 is 1. The highest BCUT2D eigenvalue weighted by molar-refractivity contribution is 5.83. The van der Waals surface area contributed by atoms with E-state index in [0.29, 0.717) is 19.6 Å². The van der Waals surface area contributed by atoms with Gasteiger partial charge in [0.15, 0.2) is 0 Å². The maximum absolute atomic E-state index is 13.0. The molecular weight excluding hydrogens is 310 g/mol. The average Bonchev–Trinajstić information content (AvgIpc) is 3.04. The highest BCUT2D eigenvalue weighted by Crippen LogP contribution is 2.46. The van der Waals surface area contributed by atoms with Gasteiger partial charge >= 0.3 is 5.97 Å². The fraction of sp³-hybridized carbons (Fsp3) is 0.889. The van der Waals surface area contributed by atoms with Gasteiger partial charge in [0, 0.05) is 33.4 Å². The Balaban J connectivity index is 1.55. The number of ether oxygens (including phenoxy) is 2. The van der Waals surface area contributed by atoms with E-state index in [2.05, 4.69) is 0 Å². The van der Waals surface area contributed by atoms with Crippen molar-refractivity contribution < 1.29 is 24.2 Å². The van der Waals surface area contributed by atoms with Gasteiger partial charge in [0.1, 0.15) is 0 Å². The highest BCUT2D eigenvalue weighted by Gasteiger charge is 2.47. The van der Waals surface area contributed by atoms with Crippen molar-refractivity contribution in [1.82, 2.24) is 4.90 Å². The summed E-state index contributed by atoms with van der Waals surface area (Å²) >= 11 is 0. The maximum Gasteiger partial charge on any atom is 0.309 e. The van der Waals surface area contributed by atoms with Crippen LogP contribution in [-0.2, 0) is 19.1 Å². The summed E-state index contributed by atoms with van der Waals surface area (Å²) in [5.41, 5.74) is -0.198. The standard InChI is InChI=1S/C18H29NO5/c1-23-12-8-18(6-2-7-18)17(22)19-9-3-13(4-10-19)15-14(16(20)21)5-11-24-15/h13-15H,2-12H2,1H3,(H,20,21)/t14?,15-/m0/s1. The van der Waals surface area contributed by atoms with Crippen LogP contribution in [0.5, 0.6) is 0 Å². The van der Waals surface area contributed by atoms with E-state index in [9.17, 15) is 14.7 Å². The van der Waals surface area contributed by atoms with Gasteiger partial charge in [0.05, 0.1) is 17.4 Å². The zero-order valence-electron chi connectivity index (χ0n) is 14.5. The average molecular weight is 339 g/mol. The van der Waals surface area contributed by atoms with Crippen molar-refractivity contribution in [2.24, 2.45) is 17.3 Å². The molecule has 3 rings (SSSR count). The summed E-state index contributed by atoms with van der Waals surface area (Å²) in [6.07, 6.45) is 6.02. The Labute approximate surface area is 143 Å². The Morgan fingerprint density at radius 1 is 1.25 bits per heavy atom. The molecule has 1 N–H and O–H groups in total. The van der Waals surface area contributed by atoms with E-state index in [1.807, 2.05) is 4.90 Å². The summed E-state index contributed by atoms with van der Waals surface area (Å²) in [6.45, 7) is 2.63. The normalized spacial score (nSPS) is 30.1. The van der Waals surface area contributed by atoms with E-state index in [0.717, 1.165) is 51.6 Å². The van der Waals surface area contributed by atoms with Crippen molar-refractivity contribution in [2.45, 2.75) is 51.0 Å². The number of carbonyl (C=O) groups excluding carboxylic acids is 1. The predicted octanol–water partition coefficient (Wildman–Crippen LogP) is 1.92. The van der Waals surface area contributed by atoms with Gasteiger partial charge in [-0.25, -0.2) is 0 Å². The number of aliphatic carboxylic acids is 1. The van der Waals surface area contributed by atoms with E-state index >= 15 is 0 Å². The van der Waals surface area contributed by atoms with E-state index in [4.69, 9.17) is 9.47 Å². The first-order valence-corrected chi connectivity index (χ1v) is 9.20. The van der Waals surface area contributed by atoms with Gasteiger partial charge in [-0.2, -0.15) is 0 Å². The molecule has 1 aliphatic carbocycles. The third-order valence-electron chi connectivity index (χ3n) is 6.29. The number of amides is 1. The fourth-order valence-corrected chi connectivity index (χ4v) is 4.58. The number of piperidine rings is 1. The molecule has 1 saturated carbocycles. The third-order valence-corrected chi connectivity index (χ3v) is 6.29. The molecule has 0 aromatic heterocycles. The molecule has 2 aliphatic heterocycles. The number of carboxylic acid groups (broad SMARTS) is 1. The Bertz CT molecular complexity index is 468. The molecule has 2 heterocycles. The van der Waals surface area contributed by atoms with Crippen LogP contribution in [0.4, 0.5) is 0 Å². The van der Waals surface area contributed by atoms with Gasteiger partial charge in [-0.3, -0.25) is 9.59 Å². The lowest BCUT2D eigenvalue weighted by atomic mass is 9.65. The van der Waals surface area contributed by atoms with Gasteiger partial charge in [0.2, 0.25) is 5.91 Å². The number of hydrogen-bond acceptors (Lipinski definition) is 4. The molecule has 1 unspecified atom stereocenters. The Morgan fingerprint density at radius 2 is 1.96 bits per heavy atom. The number of rotatable bonds is 6. The SMILES string of the molecule is COCCC1(C(=O)N2CCC([C@@H]3OCCC3C(=O)O)CC2)CCC1. The minimum absolute atomic E-state index is 0.175. The number of hydrogen-bond donors (Lipinski definition) is 1. The Hall–Kier alpha value is -1.14. The summed E-state index contributed by atoms with van der Waals surface area (Å²) in [5.74, 6) is -0.582. The summed E-state index contributed by atoms with van der Waals surface area (Å²) in [6, 6.07) is 0. The molecule has 3 aliphatic rings. The summed E-state index contributed by atoms with van der Waals surface area (Å²) < 4.78 is 10.9. The second-order valence-corrected chi connectivity index (χ2v) is 7.58. The lowest BCUT2D eigenvalue weighted by Gasteiger charge is -2.45. The lowest BCUT2D eigenvalue weighted by molar-refractivity contribution is -0.152. The molecule has 2 atom stereocenters. The van der Waals surface area contributed by atoms with Gasteiger partial charge < -0.3 is 19.5 Å². The van der Waals surface area contributed by atoms with Crippen LogP contribution in [0.25, 0.3) is 0 Å². The van der Waals surface area contributed by atoms with Crippen LogP contribution in [0, 0.1) is 17.3 Å². The second kappa shape index (κ2) is 7.40. The molecule has 0 aromatic rings. The number of carbonyl (C=O) groups is 2. The van der Waals surface area contributed by atoms with Crippen molar-refractivity contribution in [3.05, 3.63) is 0 Å². The van der Waals surface area contributed by atoms with E-state index in [-0.39, 0.29) is 29.3 Å². The van der Waals surface area contributed by atoms with Gasteiger partial charge in [0.25, 0.3) is 0 Å². The quantitative estimate of drug-likeness (QED) is 0.800. The molecule has 0 spiro atoms. The largest absolute Gasteiger partial charge is 0.481 e. The highest BCUT2D eigenvalue weighted by atomic mass is 16.5. The van der Waals surface area contributed by atoms with Gasteiger partial charge in [-0.1, -0.05) is 6.42 Å². The topological polar surface area (TPSA) is 76.1 Å². The monoisotopic (exact) mass is 339 g/mol. The van der Waals surface area contributed by atoms with Crippen LogP contribution in [0.15, 0.2) is 0 Å². The first kappa shape index (κ1) is 17.7. The van der Waals surface area contributed by atoms with E-state index < -0.39 is 5.97 Å².